The molecule has 5 nitrogen and oxygen atoms in total. The average Bonchev–Trinajstić information content (AvgIpc) is 2.18. The summed E-state index contributed by atoms with van der Waals surface area (Å²) in [5, 5.41) is 16.7. The van der Waals surface area contributed by atoms with E-state index in [1.165, 1.54) is 12.1 Å². The summed E-state index contributed by atoms with van der Waals surface area (Å²) in [6, 6.07) is 7.91. The molecule has 0 radical (unpaired) electrons. The topological polar surface area (TPSA) is 83.8 Å². The molecule has 1 rings (SSSR count). The minimum absolute atomic E-state index is 0.195. The highest BCUT2D eigenvalue weighted by atomic mass is 32.2. The molecule has 2 N–H and O–H groups in total. The molecule has 0 aromatic heterocycles. The highest BCUT2D eigenvalue weighted by Crippen LogP contribution is 2.09. The summed E-state index contributed by atoms with van der Waals surface area (Å²) in [6.07, 6.45) is 0. The van der Waals surface area contributed by atoms with Crippen molar-refractivity contribution in [1.82, 2.24) is 0 Å². The third-order valence-corrected chi connectivity index (χ3v) is 3.42. The maximum atomic E-state index is 11.6. The van der Waals surface area contributed by atoms with Crippen molar-refractivity contribution in [3.8, 4) is 0 Å². The molecule has 0 saturated carbocycles. The van der Waals surface area contributed by atoms with Crippen molar-refractivity contribution in [1.29, 1.82) is 0 Å². The standard InChI is InChI=1S/C8H11BO5S/c10-9(11)14-6-7-15(12,13)8-4-2-1-3-5-8/h1-5,10-11H,6-7H2. The lowest BCUT2D eigenvalue weighted by Crippen LogP contribution is -2.22. The summed E-state index contributed by atoms with van der Waals surface area (Å²) in [5.74, 6) is -0.283. The van der Waals surface area contributed by atoms with Gasteiger partial charge < -0.3 is 14.7 Å². The van der Waals surface area contributed by atoms with Gasteiger partial charge in [0.25, 0.3) is 0 Å². The van der Waals surface area contributed by atoms with Crippen LogP contribution < -0.4 is 0 Å². The van der Waals surface area contributed by atoms with Crippen LogP contribution in [0.3, 0.4) is 0 Å². The van der Waals surface area contributed by atoms with Gasteiger partial charge in [-0.05, 0) is 12.1 Å². The SMILES string of the molecule is O=S(=O)(CCOB(O)O)c1ccccc1. The molecule has 0 fully saturated rings. The first-order chi connectivity index (χ1) is 7.02. The normalized spacial score (nSPS) is 11.3. The van der Waals surface area contributed by atoms with E-state index in [1.54, 1.807) is 18.2 Å². The van der Waals surface area contributed by atoms with E-state index in [9.17, 15) is 8.42 Å². The summed E-state index contributed by atoms with van der Waals surface area (Å²) in [5.41, 5.74) is 0. The van der Waals surface area contributed by atoms with Crippen LogP contribution in [0.15, 0.2) is 35.2 Å². The van der Waals surface area contributed by atoms with Crippen LogP contribution >= 0.6 is 0 Å². The Morgan fingerprint density at radius 2 is 1.80 bits per heavy atom. The molecule has 0 unspecified atom stereocenters. The molecule has 0 amide bonds. The van der Waals surface area contributed by atoms with E-state index in [0.717, 1.165) is 0 Å². The molecule has 7 heteroatoms. The zero-order chi connectivity index (χ0) is 11.3. The quantitative estimate of drug-likeness (QED) is 0.663. The van der Waals surface area contributed by atoms with E-state index in [2.05, 4.69) is 4.65 Å². The first kappa shape index (κ1) is 12.2. The fraction of sp³-hybridized carbons (Fsp3) is 0.250. The molecule has 0 saturated heterocycles. The molecule has 0 bridgehead atoms. The van der Waals surface area contributed by atoms with Gasteiger partial charge in [-0.1, -0.05) is 18.2 Å². The van der Waals surface area contributed by atoms with Crippen molar-refractivity contribution < 1.29 is 23.1 Å². The van der Waals surface area contributed by atoms with Gasteiger partial charge in [0, 0.05) is 6.61 Å². The van der Waals surface area contributed by atoms with Crippen LogP contribution in [0.4, 0.5) is 0 Å². The third kappa shape index (κ3) is 4.00. The summed E-state index contributed by atoms with van der Waals surface area (Å²) in [4.78, 5) is 0.195. The zero-order valence-electron chi connectivity index (χ0n) is 7.91. The van der Waals surface area contributed by atoms with E-state index in [4.69, 9.17) is 10.0 Å². The number of hydrogen-bond donors (Lipinski definition) is 2. The Balaban J connectivity index is 2.61. The predicted molar refractivity (Wildman–Crippen MR) is 54.6 cm³/mol. The number of hydrogen-bond acceptors (Lipinski definition) is 5. The molecule has 0 aliphatic rings. The lowest BCUT2D eigenvalue weighted by molar-refractivity contribution is 0.197. The van der Waals surface area contributed by atoms with Crippen molar-refractivity contribution in [2.75, 3.05) is 12.4 Å². The van der Waals surface area contributed by atoms with Crippen molar-refractivity contribution in [3.63, 3.8) is 0 Å². The van der Waals surface area contributed by atoms with Crippen LogP contribution in [-0.2, 0) is 14.5 Å². The van der Waals surface area contributed by atoms with Gasteiger partial charge in [-0.15, -0.1) is 0 Å². The van der Waals surface area contributed by atoms with Gasteiger partial charge in [0.2, 0.25) is 0 Å². The number of benzene rings is 1. The molecule has 0 atom stereocenters. The smallest absolute Gasteiger partial charge is 0.402 e. The fourth-order valence-electron chi connectivity index (χ4n) is 1.01. The second-order valence-electron chi connectivity index (χ2n) is 2.83. The summed E-state index contributed by atoms with van der Waals surface area (Å²) in [6.45, 7) is -0.255. The monoisotopic (exact) mass is 230 g/mol. The molecule has 1 aromatic rings. The second kappa shape index (κ2) is 5.27. The van der Waals surface area contributed by atoms with Crippen LogP contribution in [0.25, 0.3) is 0 Å². The van der Waals surface area contributed by atoms with Gasteiger partial charge in [-0.2, -0.15) is 0 Å². The minimum atomic E-state index is -3.40. The maximum absolute atomic E-state index is 11.6. The molecular formula is C8H11BO5S. The Morgan fingerprint density at radius 1 is 1.20 bits per heavy atom. The van der Waals surface area contributed by atoms with Crippen molar-refractivity contribution in [2.24, 2.45) is 0 Å². The molecule has 0 aliphatic heterocycles. The van der Waals surface area contributed by atoms with Gasteiger partial charge in [0.1, 0.15) is 0 Å². The molecule has 82 valence electrons. The van der Waals surface area contributed by atoms with Gasteiger partial charge in [-0.3, -0.25) is 0 Å². The van der Waals surface area contributed by atoms with Crippen molar-refractivity contribution >= 4 is 17.2 Å². The predicted octanol–water partition coefficient (Wildman–Crippen LogP) is -0.554. The number of rotatable bonds is 5. The Morgan fingerprint density at radius 3 is 2.33 bits per heavy atom. The minimum Gasteiger partial charge on any atom is -0.402 e. The van der Waals surface area contributed by atoms with Gasteiger partial charge in [-0.25, -0.2) is 8.42 Å². The largest absolute Gasteiger partial charge is 0.633 e. The Kier molecular flexibility index (Phi) is 4.28. The van der Waals surface area contributed by atoms with E-state index < -0.39 is 17.2 Å². The van der Waals surface area contributed by atoms with Crippen LogP contribution in [0.2, 0.25) is 0 Å². The van der Waals surface area contributed by atoms with E-state index in [-0.39, 0.29) is 17.3 Å². The van der Waals surface area contributed by atoms with E-state index in [0.29, 0.717) is 0 Å². The van der Waals surface area contributed by atoms with Gasteiger partial charge in [0.05, 0.1) is 10.6 Å². The van der Waals surface area contributed by atoms with Gasteiger partial charge >= 0.3 is 7.32 Å². The van der Waals surface area contributed by atoms with Crippen LogP contribution in [-0.4, -0.2) is 38.1 Å². The van der Waals surface area contributed by atoms with Gasteiger partial charge in [0.15, 0.2) is 9.84 Å². The van der Waals surface area contributed by atoms with Crippen molar-refractivity contribution in [3.05, 3.63) is 30.3 Å². The molecular weight excluding hydrogens is 219 g/mol. The Labute approximate surface area is 88.4 Å². The average molecular weight is 230 g/mol. The van der Waals surface area contributed by atoms with E-state index in [1.807, 2.05) is 0 Å². The number of sulfone groups is 1. The zero-order valence-corrected chi connectivity index (χ0v) is 8.72. The highest BCUT2D eigenvalue weighted by molar-refractivity contribution is 7.91. The van der Waals surface area contributed by atoms with Crippen molar-refractivity contribution in [2.45, 2.75) is 4.90 Å². The molecule has 0 spiro atoms. The van der Waals surface area contributed by atoms with Crippen LogP contribution in [0.5, 0.6) is 0 Å². The molecule has 0 aliphatic carbocycles. The Bertz CT molecular complexity index is 389. The fourth-order valence-corrected chi connectivity index (χ4v) is 2.13. The maximum Gasteiger partial charge on any atom is 0.633 e. The lowest BCUT2D eigenvalue weighted by Gasteiger charge is -2.04. The first-order valence-corrected chi connectivity index (χ1v) is 5.93. The Hall–Kier alpha value is -0.885. The molecule has 0 heterocycles. The van der Waals surface area contributed by atoms with Crippen LogP contribution in [0.1, 0.15) is 0 Å². The molecule has 15 heavy (non-hydrogen) atoms. The molecule has 1 aromatic carbocycles. The third-order valence-electron chi connectivity index (χ3n) is 1.72. The first-order valence-electron chi connectivity index (χ1n) is 4.28. The highest BCUT2D eigenvalue weighted by Gasteiger charge is 2.16. The summed E-state index contributed by atoms with van der Waals surface area (Å²) < 4.78 is 27.5. The van der Waals surface area contributed by atoms with E-state index >= 15 is 0 Å². The van der Waals surface area contributed by atoms with Crippen LogP contribution in [0, 0.1) is 0 Å². The second-order valence-corrected chi connectivity index (χ2v) is 4.94. The summed E-state index contributed by atoms with van der Waals surface area (Å²) in [7, 11) is -5.34. The lowest BCUT2D eigenvalue weighted by atomic mass is 10.3. The summed E-state index contributed by atoms with van der Waals surface area (Å²) >= 11 is 0.